The summed E-state index contributed by atoms with van der Waals surface area (Å²) < 4.78 is 0. The van der Waals surface area contributed by atoms with Crippen molar-refractivity contribution in [3.8, 4) is 0 Å². The van der Waals surface area contributed by atoms with Gasteiger partial charge in [-0.15, -0.1) is 0 Å². The molecule has 0 atom stereocenters. The van der Waals surface area contributed by atoms with Crippen LogP contribution in [0.1, 0.15) is 27.0 Å². The molecule has 0 aliphatic carbocycles. The molecule has 5 heteroatoms. The van der Waals surface area contributed by atoms with E-state index >= 15 is 0 Å². The minimum Gasteiger partial charge on any atom is -0.346 e. The SMILES string of the molecule is C=C(/C=C/Cl)C(=N)CNC(=O)c1cncc(Cc2ccc(C)cc2)c1. The maximum Gasteiger partial charge on any atom is 0.253 e. The fourth-order valence-electron chi connectivity index (χ4n) is 2.21. The Kier molecular flexibility index (Phi) is 6.66. The molecule has 25 heavy (non-hydrogen) atoms. The van der Waals surface area contributed by atoms with Crippen LogP contribution in [0.2, 0.25) is 0 Å². The second-order valence-electron chi connectivity index (χ2n) is 5.72. The van der Waals surface area contributed by atoms with E-state index in [0.717, 1.165) is 11.1 Å². The third-order valence-corrected chi connectivity index (χ3v) is 3.79. The van der Waals surface area contributed by atoms with Gasteiger partial charge in [0, 0.05) is 17.9 Å². The Labute approximate surface area is 152 Å². The highest BCUT2D eigenvalue weighted by Gasteiger charge is 2.09. The molecule has 0 aliphatic rings. The number of hydrogen-bond donors (Lipinski definition) is 2. The standard InChI is InChI=1S/C20H20ClN3O/c1-14-3-5-16(6-4-14)9-17-10-18(12-23-11-17)20(25)24-13-19(22)15(2)7-8-21/h3-8,10-12,22H,2,9,13H2,1H3,(H,24,25)/b8-7+,22-19?. The Morgan fingerprint density at radius 2 is 2.00 bits per heavy atom. The Hall–Kier alpha value is -2.72. The number of pyridine rings is 1. The summed E-state index contributed by atoms with van der Waals surface area (Å²) in [5.41, 5.74) is 5.75. The van der Waals surface area contributed by atoms with Crippen molar-refractivity contribution in [2.24, 2.45) is 0 Å². The van der Waals surface area contributed by atoms with Gasteiger partial charge in [0.2, 0.25) is 0 Å². The summed E-state index contributed by atoms with van der Waals surface area (Å²) in [6.07, 6.45) is 5.50. The van der Waals surface area contributed by atoms with Crippen LogP contribution >= 0.6 is 11.6 Å². The molecular formula is C20H20ClN3O. The van der Waals surface area contributed by atoms with Crippen LogP contribution in [0.15, 0.2) is 66.5 Å². The normalized spacial score (nSPS) is 10.6. The van der Waals surface area contributed by atoms with Gasteiger partial charge >= 0.3 is 0 Å². The second-order valence-corrected chi connectivity index (χ2v) is 5.98. The van der Waals surface area contributed by atoms with Crippen LogP contribution in [0, 0.1) is 12.3 Å². The summed E-state index contributed by atoms with van der Waals surface area (Å²) in [7, 11) is 0. The number of carbonyl (C=O) groups is 1. The van der Waals surface area contributed by atoms with E-state index in [-0.39, 0.29) is 18.2 Å². The van der Waals surface area contributed by atoms with Gasteiger partial charge in [0.1, 0.15) is 0 Å². The maximum atomic E-state index is 12.3. The fourth-order valence-corrected chi connectivity index (χ4v) is 2.36. The molecular weight excluding hydrogens is 334 g/mol. The summed E-state index contributed by atoms with van der Waals surface area (Å²) in [5, 5.41) is 10.5. The molecule has 0 spiro atoms. The smallest absolute Gasteiger partial charge is 0.253 e. The van der Waals surface area contributed by atoms with E-state index in [0.29, 0.717) is 17.6 Å². The van der Waals surface area contributed by atoms with Crippen LogP contribution in [0.5, 0.6) is 0 Å². The summed E-state index contributed by atoms with van der Waals surface area (Å²) in [4.78, 5) is 16.4. The minimum atomic E-state index is -0.273. The van der Waals surface area contributed by atoms with Crippen molar-refractivity contribution in [1.82, 2.24) is 10.3 Å². The topological polar surface area (TPSA) is 65.8 Å². The first kappa shape index (κ1) is 18.6. The largest absolute Gasteiger partial charge is 0.346 e. The monoisotopic (exact) mass is 353 g/mol. The summed E-state index contributed by atoms with van der Waals surface area (Å²) in [5.74, 6) is -0.273. The van der Waals surface area contributed by atoms with Crippen molar-refractivity contribution in [3.63, 3.8) is 0 Å². The average molecular weight is 354 g/mol. The zero-order chi connectivity index (χ0) is 18.2. The van der Waals surface area contributed by atoms with Crippen LogP contribution in [-0.2, 0) is 6.42 Å². The van der Waals surface area contributed by atoms with Gasteiger partial charge in [-0.2, -0.15) is 0 Å². The molecule has 2 N–H and O–H groups in total. The molecule has 1 heterocycles. The first-order chi connectivity index (χ1) is 12.0. The number of hydrogen-bond acceptors (Lipinski definition) is 3. The molecule has 0 saturated carbocycles. The third-order valence-electron chi connectivity index (χ3n) is 3.66. The third kappa shape index (κ3) is 5.69. The van der Waals surface area contributed by atoms with Gasteiger partial charge in [-0.3, -0.25) is 9.78 Å². The number of nitrogens with one attached hydrogen (secondary N) is 2. The Balaban J connectivity index is 2.00. The van der Waals surface area contributed by atoms with Gasteiger partial charge in [-0.05, 0) is 42.2 Å². The molecule has 0 fully saturated rings. The van der Waals surface area contributed by atoms with Gasteiger partial charge in [0.25, 0.3) is 5.91 Å². The predicted octanol–water partition coefficient (Wildman–Crippen LogP) is 4.04. The van der Waals surface area contributed by atoms with Gasteiger partial charge < -0.3 is 10.7 Å². The van der Waals surface area contributed by atoms with Crippen LogP contribution in [-0.4, -0.2) is 23.1 Å². The zero-order valence-electron chi connectivity index (χ0n) is 14.1. The quantitative estimate of drug-likeness (QED) is 0.582. The molecule has 1 aromatic heterocycles. The summed E-state index contributed by atoms with van der Waals surface area (Å²) in [6, 6.07) is 10.1. The molecule has 0 radical (unpaired) electrons. The Morgan fingerprint density at radius 3 is 2.68 bits per heavy atom. The summed E-state index contributed by atoms with van der Waals surface area (Å²) >= 11 is 5.46. The highest BCUT2D eigenvalue weighted by Crippen LogP contribution is 2.11. The first-order valence-electron chi connectivity index (χ1n) is 7.80. The lowest BCUT2D eigenvalue weighted by Gasteiger charge is -2.08. The summed E-state index contributed by atoms with van der Waals surface area (Å²) in [6.45, 7) is 5.83. The van der Waals surface area contributed by atoms with Crippen LogP contribution in [0.4, 0.5) is 0 Å². The van der Waals surface area contributed by atoms with Crippen molar-refractivity contribution in [3.05, 3.63) is 88.7 Å². The van der Waals surface area contributed by atoms with Crippen LogP contribution < -0.4 is 5.32 Å². The van der Waals surface area contributed by atoms with E-state index in [2.05, 4.69) is 41.1 Å². The number of rotatable bonds is 7. The number of aryl methyl sites for hydroxylation is 1. The fraction of sp³-hybridized carbons (Fsp3) is 0.150. The van der Waals surface area contributed by atoms with Gasteiger partial charge in [-0.25, -0.2) is 0 Å². The lowest BCUT2D eigenvalue weighted by molar-refractivity contribution is 0.0959. The van der Waals surface area contributed by atoms with Crippen molar-refractivity contribution in [1.29, 1.82) is 5.41 Å². The molecule has 128 valence electrons. The first-order valence-corrected chi connectivity index (χ1v) is 8.24. The maximum absolute atomic E-state index is 12.3. The van der Waals surface area contributed by atoms with E-state index in [1.165, 1.54) is 23.4 Å². The average Bonchev–Trinajstić information content (AvgIpc) is 2.61. The number of amides is 1. The molecule has 0 saturated heterocycles. The molecule has 0 aliphatic heterocycles. The number of benzene rings is 1. The van der Waals surface area contributed by atoms with Gasteiger partial charge in [0.05, 0.1) is 17.8 Å². The van der Waals surface area contributed by atoms with Crippen molar-refractivity contribution in [2.45, 2.75) is 13.3 Å². The molecule has 0 unspecified atom stereocenters. The molecule has 2 aromatic rings. The lowest BCUT2D eigenvalue weighted by Crippen LogP contribution is -2.29. The van der Waals surface area contributed by atoms with Crippen molar-refractivity contribution < 1.29 is 4.79 Å². The number of halogens is 1. The molecule has 1 aromatic carbocycles. The highest BCUT2D eigenvalue weighted by molar-refractivity contribution is 6.26. The number of allylic oxidation sites excluding steroid dienone is 1. The Morgan fingerprint density at radius 1 is 1.28 bits per heavy atom. The Bertz CT molecular complexity index is 810. The number of carbonyl (C=O) groups excluding carboxylic acids is 1. The van der Waals surface area contributed by atoms with Crippen molar-refractivity contribution in [2.75, 3.05) is 6.54 Å². The number of nitrogens with zero attached hydrogens (tertiary/aromatic N) is 1. The van der Waals surface area contributed by atoms with E-state index < -0.39 is 0 Å². The predicted molar refractivity (Wildman–Crippen MR) is 102 cm³/mol. The van der Waals surface area contributed by atoms with Crippen LogP contribution in [0.3, 0.4) is 0 Å². The van der Waals surface area contributed by atoms with E-state index in [9.17, 15) is 4.79 Å². The minimum absolute atomic E-state index is 0.0844. The lowest BCUT2D eigenvalue weighted by atomic mass is 10.0. The second kappa shape index (κ2) is 8.94. The highest BCUT2D eigenvalue weighted by atomic mass is 35.5. The molecule has 1 amide bonds. The molecule has 2 rings (SSSR count). The van der Waals surface area contributed by atoms with E-state index in [1.807, 2.05) is 13.0 Å². The van der Waals surface area contributed by atoms with Gasteiger partial charge in [0.15, 0.2) is 0 Å². The molecule has 0 bridgehead atoms. The van der Waals surface area contributed by atoms with E-state index in [4.69, 9.17) is 17.0 Å². The van der Waals surface area contributed by atoms with E-state index in [1.54, 1.807) is 6.20 Å². The van der Waals surface area contributed by atoms with Crippen LogP contribution in [0.25, 0.3) is 0 Å². The zero-order valence-corrected chi connectivity index (χ0v) is 14.8. The van der Waals surface area contributed by atoms with Crippen molar-refractivity contribution >= 4 is 23.2 Å². The molecule has 4 nitrogen and oxygen atoms in total. The number of aromatic nitrogens is 1. The van der Waals surface area contributed by atoms with Gasteiger partial charge in [-0.1, -0.05) is 48.0 Å².